The van der Waals surface area contributed by atoms with E-state index in [4.69, 9.17) is 9.47 Å². The number of rotatable bonds is 8. The monoisotopic (exact) mass is 575 g/mol. The first kappa shape index (κ1) is 24.9. The van der Waals surface area contributed by atoms with Crippen LogP contribution in [0, 0.1) is 15.4 Å². The van der Waals surface area contributed by atoms with Gasteiger partial charge in [-0.1, -0.05) is 60.4 Å². The van der Waals surface area contributed by atoms with Crippen LogP contribution in [-0.2, 0) is 30.9 Å². The molecule has 0 aliphatic carbocycles. The lowest BCUT2D eigenvalue weighted by Gasteiger charge is -2.22. The van der Waals surface area contributed by atoms with Crippen molar-refractivity contribution in [1.82, 2.24) is 4.72 Å². The summed E-state index contributed by atoms with van der Waals surface area (Å²) < 4.78 is 40.1. The van der Waals surface area contributed by atoms with Gasteiger partial charge in [-0.05, 0) is 64.6 Å². The van der Waals surface area contributed by atoms with Crippen molar-refractivity contribution in [3.63, 3.8) is 0 Å². The molecule has 0 aliphatic rings. The molecule has 0 aliphatic heterocycles. The maximum atomic E-state index is 13.0. The first-order chi connectivity index (χ1) is 15.9. The Bertz CT molecular complexity index is 1220. The molecule has 6 nitrogen and oxygen atoms in total. The van der Waals surface area contributed by atoms with Crippen LogP contribution in [0.4, 0.5) is 0 Å². The number of nitrogens with one attached hydrogen (secondary N) is 1. The topological polar surface area (TPSA) is 81.7 Å². The van der Waals surface area contributed by atoms with Crippen molar-refractivity contribution in [1.29, 1.82) is 0 Å². The first-order valence-corrected chi connectivity index (χ1v) is 12.5. The number of halogens is 1. The molecule has 0 radical (unpaired) electrons. The molecule has 8 heteroatoms. The number of methoxy groups -OCH3 is 1. The van der Waals surface area contributed by atoms with Crippen molar-refractivity contribution in [3.8, 4) is 11.8 Å². The average Bonchev–Trinajstić information content (AvgIpc) is 2.84. The fraction of sp³-hybridized carbons (Fsp3) is 0.160. The molecule has 170 valence electrons. The van der Waals surface area contributed by atoms with Crippen LogP contribution in [0.5, 0.6) is 0 Å². The van der Waals surface area contributed by atoms with E-state index in [2.05, 4.69) is 39.2 Å². The molecule has 0 aromatic heterocycles. The average molecular weight is 575 g/mol. The Labute approximate surface area is 207 Å². The smallest absolute Gasteiger partial charge is 0.327 e. The van der Waals surface area contributed by atoms with Gasteiger partial charge in [-0.3, -0.25) is 4.79 Å². The van der Waals surface area contributed by atoms with Gasteiger partial charge in [0, 0.05) is 9.13 Å². The summed E-state index contributed by atoms with van der Waals surface area (Å²) in [6.45, 7) is 0.133. The highest BCUT2D eigenvalue weighted by Gasteiger charge is 2.34. The van der Waals surface area contributed by atoms with Gasteiger partial charge >= 0.3 is 5.97 Å². The third-order valence-corrected chi connectivity index (χ3v) is 6.75. The number of ether oxygens (including phenoxy) is 2. The van der Waals surface area contributed by atoms with Gasteiger partial charge < -0.3 is 9.47 Å². The van der Waals surface area contributed by atoms with Crippen LogP contribution in [0.25, 0.3) is 0 Å². The number of carbonyl (C=O) groups excluding carboxylic acids is 1. The highest BCUT2D eigenvalue weighted by Crippen LogP contribution is 2.15. The molecular formula is C25H22INO5S. The van der Waals surface area contributed by atoms with Crippen LogP contribution in [0.1, 0.15) is 11.1 Å². The zero-order chi connectivity index (χ0) is 23.7. The Morgan fingerprint density at radius 3 is 2.18 bits per heavy atom. The molecule has 0 spiro atoms. The molecular weight excluding hydrogens is 553 g/mol. The molecule has 2 atom stereocenters. The van der Waals surface area contributed by atoms with E-state index in [1.54, 1.807) is 12.1 Å². The Morgan fingerprint density at radius 2 is 1.58 bits per heavy atom. The van der Waals surface area contributed by atoms with E-state index in [9.17, 15) is 13.2 Å². The van der Waals surface area contributed by atoms with Gasteiger partial charge in [-0.25, -0.2) is 8.42 Å². The zero-order valence-corrected chi connectivity index (χ0v) is 20.7. The molecule has 0 bridgehead atoms. The Kier molecular flexibility index (Phi) is 9.03. The van der Waals surface area contributed by atoms with Gasteiger partial charge in [0.25, 0.3) is 0 Å². The van der Waals surface area contributed by atoms with Crippen LogP contribution >= 0.6 is 22.6 Å². The number of hydrogen-bond acceptors (Lipinski definition) is 5. The van der Waals surface area contributed by atoms with E-state index < -0.39 is 28.1 Å². The molecule has 3 aromatic carbocycles. The minimum atomic E-state index is -4.04. The van der Waals surface area contributed by atoms with E-state index in [-0.39, 0.29) is 11.5 Å². The van der Waals surface area contributed by atoms with Gasteiger partial charge in [0.1, 0.15) is 6.10 Å². The number of hydrogen-bond donors (Lipinski definition) is 1. The summed E-state index contributed by atoms with van der Waals surface area (Å²) in [7, 11) is -2.86. The lowest BCUT2D eigenvalue weighted by atomic mass is 10.1. The third-order valence-electron chi connectivity index (χ3n) is 4.57. The summed E-state index contributed by atoms with van der Waals surface area (Å²) in [5.74, 6) is 5.06. The van der Waals surface area contributed by atoms with E-state index in [0.29, 0.717) is 5.56 Å². The summed E-state index contributed by atoms with van der Waals surface area (Å²) in [5, 5.41) is 0. The van der Waals surface area contributed by atoms with Crippen LogP contribution in [-0.4, -0.2) is 33.6 Å². The molecule has 1 N–H and O–H groups in total. The van der Waals surface area contributed by atoms with Gasteiger partial charge in [-0.15, -0.1) is 0 Å². The Morgan fingerprint density at radius 1 is 0.970 bits per heavy atom. The summed E-state index contributed by atoms with van der Waals surface area (Å²) in [6.07, 6.45) is -1.10. The molecule has 3 rings (SSSR count). The fourth-order valence-corrected chi connectivity index (χ4v) is 4.41. The zero-order valence-electron chi connectivity index (χ0n) is 17.8. The van der Waals surface area contributed by atoms with Gasteiger partial charge in [0.2, 0.25) is 10.0 Å². The molecule has 0 saturated carbocycles. The van der Waals surface area contributed by atoms with Gasteiger partial charge in [0.15, 0.2) is 6.04 Å². The van der Waals surface area contributed by atoms with E-state index >= 15 is 0 Å². The van der Waals surface area contributed by atoms with E-state index in [1.165, 1.54) is 19.2 Å². The van der Waals surface area contributed by atoms with Gasteiger partial charge in [0.05, 0.1) is 18.6 Å². The second-order valence-electron chi connectivity index (χ2n) is 6.93. The van der Waals surface area contributed by atoms with Crippen LogP contribution in [0.3, 0.4) is 0 Å². The summed E-state index contributed by atoms with van der Waals surface area (Å²) in [6, 6.07) is 23.4. The predicted octanol–water partition coefficient (Wildman–Crippen LogP) is 3.75. The fourth-order valence-electron chi connectivity index (χ4n) is 2.87. The van der Waals surface area contributed by atoms with Crippen molar-refractivity contribution in [3.05, 3.63) is 99.6 Å². The van der Waals surface area contributed by atoms with Crippen LogP contribution in [0.15, 0.2) is 89.8 Å². The van der Waals surface area contributed by atoms with Crippen molar-refractivity contribution in [2.24, 2.45) is 0 Å². The summed E-state index contributed by atoms with van der Waals surface area (Å²) in [5.41, 5.74) is 1.56. The Hall–Kier alpha value is -2.71. The van der Waals surface area contributed by atoms with Crippen LogP contribution < -0.4 is 4.72 Å². The molecule has 0 unspecified atom stereocenters. The molecule has 0 fully saturated rings. The summed E-state index contributed by atoms with van der Waals surface area (Å²) in [4.78, 5) is 12.7. The maximum Gasteiger partial charge on any atom is 0.327 e. The number of sulfonamides is 1. The minimum absolute atomic E-state index is 0.0228. The van der Waals surface area contributed by atoms with E-state index in [0.717, 1.165) is 9.13 Å². The molecule has 3 aromatic rings. The minimum Gasteiger partial charge on any atom is -0.468 e. The Balaban J connectivity index is 1.93. The van der Waals surface area contributed by atoms with E-state index in [1.807, 2.05) is 60.7 Å². The molecule has 0 saturated heterocycles. The molecule has 33 heavy (non-hydrogen) atoms. The third kappa shape index (κ3) is 7.40. The quantitative estimate of drug-likeness (QED) is 0.252. The maximum absolute atomic E-state index is 13.0. The number of benzene rings is 3. The highest BCUT2D eigenvalue weighted by atomic mass is 127. The lowest BCUT2D eigenvalue weighted by molar-refractivity contribution is -0.145. The summed E-state index contributed by atoms with van der Waals surface area (Å²) >= 11 is 2.08. The highest BCUT2D eigenvalue weighted by molar-refractivity contribution is 14.1. The van der Waals surface area contributed by atoms with Crippen molar-refractivity contribution < 1.29 is 22.7 Å². The van der Waals surface area contributed by atoms with Crippen molar-refractivity contribution >= 4 is 38.6 Å². The molecule has 0 heterocycles. The van der Waals surface area contributed by atoms with Gasteiger partial charge in [-0.2, -0.15) is 4.72 Å². The lowest BCUT2D eigenvalue weighted by Crippen LogP contribution is -2.49. The molecule has 0 amide bonds. The second kappa shape index (κ2) is 12.0. The number of esters is 1. The first-order valence-electron chi connectivity index (χ1n) is 9.97. The van der Waals surface area contributed by atoms with Crippen molar-refractivity contribution in [2.75, 3.05) is 7.11 Å². The predicted molar refractivity (Wildman–Crippen MR) is 134 cm³/mol. The second-order valence-corrected chi connectivity index (χ2v) is 9.89. The van der Waals surface area contributed by atoms with Crippen LogP contribution in [0.2, 0.25) is 0 Å². The standard InChI is InChI=1S/C25H22INO5S/c1-31-25(28)24(27-33(29,30)22-15-13-21(26)14-16-22)23(17-12-19-8-4-2-5-9-19)32-18-20-10-6-3-7-11-20/h2-11,13-16,23-24,27H,18H2,1H3/t23-,24-/m1/s1. The SMILES string of the molecule is COC(=O)[C@H](NS(=O)(=O)c1ccc(I)cc1)[C@@H](C#Cc1ccccc1)OCc1ccccc1. The normalized spacial score (nSPS) is 12.8. The largest absolute Gasteiger partial charge is 0.468 e. The van der Waals surface area contributed by atoms with Crippen molar-refractivity contribution in [2.45, 2.75) is 23.6 Å². The number of carbonyl (C=O) groups is 1.